The highest BCUT2D eigenvalue weighted by molar-refractivity contribution is 5.02. The summed E-state index contributed by atoms with van der Waals surface area (Å²) in [6.45, 7) is 7.46. The molecule has 3 heteroatoms. The standard InChI is InChI=1S/C13H24N2O/c1-4-6-11(3)8-13(16)12-9-14-10-15(12)7-5-2/h9-11,13,16H,4-8H2,1-3H3. The number of hydrogen-bond donors (Lipinski definition) is 1. The van der Waals surface area contributed by atoms with Crippen molar-refractivity contribution in [3.05, 3.63) is 18.2 Å². The number of rotatable bonds is 7. The molecule has 1 N–H and O–H groups in total. The third kappa shape index (κ3) is 3.63. The van der Waals surface area contributed by atoms with Crippen LogP contribution in [0.25, 0.3) is 0 Å². The normalized spacial score (nSPS) is 15.0. The number of aliphatic hydroxyl groups is 1. The second-order valence-electron chi connectivity index (χ2n) is 4.66. The first kappa shape index (κ1) is 13.2. The lowest BCUT2D eigenvalue weighted by Gasteiger charge is -2.17. The fourth-order valence-corrected chi connectivity index (χ4v) is 2.15. The summed E-state index contributed by atoms with van der Waals surface area (Å²) in [6, 6.07) is 0. The SMILES string of the molecule is CCCC(C)CC(O)c1cncn1CCC. The van der Waals surface area contributed by atoms with E-state index in [0.717, 1.165) is 25.1 Å². The van der Waals surface area contributed by atoms with E-state index in [1.165, 1.54) is 12.8 Å². The highest BCUT2D eigenvalue weighted by Crippen LogP contribution is 2.23. The van der Waals surface area contributed by atoms with Gasteiger partial charge in [0.15, 0.2) is 0 Å². The van der Waals surface area contributed by atoms with Crippen LogP contribution >= 0.6 is 0 Å². The van der Waals surface area contributed by atoms with Crippen LogP contribution in [0.4, 0.5) is 0 Å². The zero-order valence-corrected chi connectivity index (χ0v) is 10.7. The molecular formula is C13H24N2O. The largest absolute Gasteiger partial charge is 0.387 e. The van der Waals surface area contributed by atoms with Gasteiger partial charge in [-0.25, -0.2) is 4.98 Å². The number of imidazole rings is 1. The number of aryl methyl sites for hydroxylation is 1. The zero-order valence-electron chi connectivity index (χ0n) is 10.7. The predicted molar refractivity (Wildman–Crippen MR) is 66.2 cm³/mol. The van der Waals surface area contributed by atoms with Crippen LogP contribution in [0.5, 0.6) is 0 Å². The Hall–Kier alpha value is -0.830. The quantitative estimate of drug-likeness (QED) is 0.772. The van der Waals surface area contributed by atoms with Gasteiger partial charge in [0.1, 0.15) is 0 Å². The van der Waals surface area contributed by atoms with Crippen LogP contribution in [-0.2, 0) is 6.54 Å². The van der Waals surface area contributed by atoms with Crippen LogP contribution in [0, 0.1) is 5.92 Å². The van der Waals surface area contributed by atoms with Crippen molar-refractivity contribution in [2.24, 2.45) is 5.92 Å². The maximum absolute atomic E-state index is 10.2. The van der Waals surface area contributed by atoms with E-state index in [0.29, 0.717) is 5.92 Å². The molecule has 0 spiro atoms. The summed E-state index contributed by atoms with van der Waals surface area (Å²) < 4.78 is 2.06. The molecular weight excluding hydrogens is 200 g/mol. The Morgan fingerprint density at radius 1 is 1.38 bits per heavy atom. The fourth-order valence-electron chi connectivity index (χ4n) is 2.15. The van der Waals surface area contributed by atoms with Gasteiger partial charge in [0.25, 0.3) is 0 Å². The molecule has 0 saturated heterocycles. The minimum atomic E-state index is -0.365. The molecule has 0 fully saturated rings. The molecule has 1 heterocycles. The minimum absolute atomic E-state index is 0.365. The maximum atomic E-state index is 10.2. The van der Waals surface area contributed by atoms with E-state index < -0.39 is 0 Å². The van der Waals surface area contributed by atoms with Crippen molar-refractivity contribution in [2.45, 2.75) is 59.1 Å². The molecule has 0 aromatic carbocycles. The van der Waals surface area contributed by atoms with E-state index >= 15 is 0 Å². The Morgan fingerprint density at radius 3 is 2.75 bits per heavy atom. The Balaban J connectivity index is 2.57. The van der Waals surface area contributed by atoms with Crippen molar-refractivity contribution in [3.63, 3.8) is 0 Å². The molecule has 0 bridgehead atoms. The van der Waals surface area contributed by atoms with Gasteiger partial charge in [0, 0.05) is 6.54 Å². The molecule has 0 radical (unpaired) electrons. The first-order valence-electron chi connectivity index (χ1n) is 6.37. The first-order chi connectivity index (χ1) is 7.69. The Labute approximate surface area is 98.5 Å². The van der Waals surface area contributed by atoms with E-state index in [-0.39, 0.29) is 6.10 Å². The van der Waals surface area contributed by atoms with Gasteiger partial charge in [0.2, 0.25) is 0 Å². The van der Waals surface area contributed by atoms with Gasteiger partial charge in [0.05, 0.1) is 24.3 Å². The average molecular weight is 224 g/mol. The monoisotopic (exact) mass is 224 g/mol. The first-order valence-corrected chi connectivity index (χ1v) is 6.37. The van der Waals surface area contributed by atoms with E-state index in [2.05, 4.69) is 30.3 Å². The summed E-state index contributed by atoms with van der Waals surface area (Å²) in [5, 5.41) is 10.2. The van der Waals surface area contributed by atoms with Gasteiger partial charge < -0.3 is 9.67 Å². The van der Waals surface area contributed by atoms with Crippen LogP contribution in [0.3, 0.4) is 0 Å². The lowest BCUT2D eigenvalue weighted by atomic mass is 9.97. The van der Waals surface area contributed by atoms with Crippen molar-refractivity contribution in [1.82, 2.24) is 9.55 Å². The van der Waals surface area contributed by atoms with Gasteiger partial charge in [-0.15, -0.1) is 0 Å². The Bertz CT molecular complexity index is 296. The number of hydrogen-bond acceptors (Lipinski definition) is 2. The molecule has 1 aromatic rings. The van der Waals surface area contributed by atoms with Gasteiger partial charge in [-0.05, 0) is 18.8 Å². The van der Waals surface area contributed by atoms with Crippen LogP contribution in [0.1, 0.15) is 58.3 Å². The van der Waals surface area contributed by atoms with E-state index in [4.69, 9.17) is 0 Å². The molecule has 0 amide bonds. The summed E-state index contributed by atoms with van der Waals surface area (Å²) in [5.74, 6) is 0.574. The van der Waals surface area contributed by atoms with Gasteiger partial charge in [-0.3, -0.25) is 0 Å². The van der Waals surface area contributed by atoms with E-state index in [9.17, 15) is 5.11 Å². The molecule has 1 rings (SSSR count). The molecule has 16 heavy (non-hydrogen) atoms. The van der Waals surface area contributed by atoms with Crippen molar-refractivity contribution in [2.75, 3.05) is 0 Å². The topological polar surface area (TPSA) is 38.1 Å². The van der Waals surface area contributed by atoms with Gasteiger partial charge in [-0.1, -0.05) is 33.6 Å². The van der Waals surface area contributed by atoms with Gasteiger partial charge >= 0.3 is 0 Å². The molecule has 0 aliphatic rings. The van der Waals surface area contributed by atoms with Crippen LogP contribution in [0.15, 0.2) is 12.5 Å². The second kappa shape index (κ2) is 6.69. The third-order valence-electron chi connectivity index (χ3n) is 2.96. The number of aliphatic hydroxyl groups excluding tert-OH is 1. The second-order valence-corrected chi connectivity index (χ2v) is 4.66. The molecule has 3 nitrogen and oxygen atoms in total. The maximum Gasteiger partial charge on any atom is 0.0958 e. The highest BCUT2D eigenvalue weighted by Gasteiger charge is 2.15. The minimum Gasteiger partial charge on any atom is -0.387 e. The summed E-state index contributed by atoms with van der Waals surface area (Å²) in [7, 11) is 0. The van der Waals surface area contributed by atoms with E-state index in [1.54, 1.807) is 6.20 Å². The van der Waals surface area contributed by atoms with E-state index in [1.807, 2.05) is 6.33 Å². The van der Waals surface area contributed by atoms with Crippen molar-refractivity contribution >= 4 is 0 Å². The van der Waals surface area contributed by atoms with Crippen molar-refractivity contribution < 1.29 is 5.11 Å². The van der Waals surface area contributed by atoms with Gasteiger partial charge in [-0.2, -0.15) is 0 Å². The third-order valence-corrected chi connectivity index (χ3v) is 2.96. The fraction of sp³-hybridized carbons (Fsp3) is 0.769. The molecule has 1 aromatic heterocycles. The van der Waals surface area contributed by atoms with Crippen LogP contribution < -0.4 is 0 Å². The zero-order chi connectivity index (χ0) is 12.0. The molecule has 0 aliphatic heterocycles. The van der Waals surface area contributed by atoms with Crippen molar-refractivity contribution in [3.8, 4) is 0 Å². The summed E-state index contributed by atoms with van der Waals surface area (Å²) in [6.07, 6.45) is 7.51. The predicted octanol–water partition coefficient (Wildman–Crippen LogP) is 3.15. The smallest absolute Gasteiger partial charge is 0.0958 e. The molecule has 0 aliphatic carbocycles. The van der Waals surface area contributed by atoms with Crippen LogP contribution in [0.2, 0.25) is 0 Å². The number of aromatic nitrogens is 2. The lowest BCUT2D eigenvalue weighted by Crippen LogP contribution is -2.10. The summed E-state index contributed by atoms with van der Waals surface area (Å²) in [4.78, 5) is 4.12. The molecule has 92 valence electrons. The summed E-state index contributed by atoms with van der Waals surface area (Å²) in [5.41, 5.74) is 0.963. The molecule has 2 unspecified atom stereocenters. The average Bonchev–Trinajstić information content (AvgIpc) is 2.66. The highest BCUT2D eigenvalue weighted by atomic mass is 16.3. The lowest BCUT2D eigenvalue weighted by molar-refractivity contribution is 0.136. The number of nitrogens with zero attached hydrogens (tertiary/aromatic N) is 2. The van der Waals surface area contributed by atoms with Crippen LogP contribution in [-0.4, -0.2) is 14.7 Å². The molecule has 0 saturated carbocycles. The Morgan fingerprint density at radius 2 is 2.12 bits per heavy atom. The van der Waals surface area contributed by atoms with Crippen molar-refractivity contribution in [1.29, 1.82) is 0 Å². The molecule has 2 atom stereocenters. The summed E-state index contributed by atoms with van der Waals surface area (Å²) >= 11 is 0. The Kier molecular flexibility index (Phi) is 5.53.